The molecule has 0 bridgehead atoms. The lowest BCUT2D eigenvalue weighted by atomic mass is 10.0. The van der Waals surface area contributed by atoms with Crippen molar-refractivity contribution in [2.75, 3.05) is 177 Å². The Hall–Kier alpha value is -10.6. The van der Waals surface area contributed by atoms with Crippen LogP contribution in [0.15, 0.2) is 183 Å². The third kappa shape index (κ3) is 20.9. The number of aromatic nitrogens is 7. The van der Waals surface area contributed by atoms with Crippen LogP contribution >= 0.6 is 33.0 Å². The van der Waals surface area contributed by atoms with Crippen molar-refractivity contribution in [3.63, 3.8) is 0 Å². The first-order valence-corrected chi connectivity index (χ1v) is 45.2. The lowest BCUT2D eigenvalue weighted by Gasteiger charge is -2.42. The number of halogens is 4. The summed E-state index contributed by atoms with van der Waals surface area (Å²) < 4.78 is 97.4. The lowest BCUT2D eigenvalue weighted by molar-refractivity contribution is -0.137. The van der Waals surface area contributed by atoms with E-state index in [-0.39, 0.29) is 23.6 Å². The van der Waals surface area contributed by atoms with E-state index in [1.807, 2.05) is 115 Å². The predicted octanol–water partition coefficient (Wildman–Crippen LogP) is 15.9. The van der Waals surface area contributed by atoms with Gasteiger partial charge in [0, 0.05) is 132 Å². The van der Waals surface area contributed by atoms with Crippen molar-refractivity contribution in [1.82, 2.24) is 49.2 Å². The van der Waals surface area contributed by atoms with Gasteiger partial charge in [-0.1, -0.05) is 41.9 Å². The Morgan fingerprint density at radius 3 is 1.74 bits per heavy atom. The molecule has 25 nitrogen and oxygen atoms in total. The van der Waals surface area contributed by atoms with E-state index >= 15 is 0 Å². The normalized spacial score (nSPS) is 14.3. The van der Waals surface area contributed by atoms with E-state index < -0.39 is 33.2 Å². The first-order valence-electron chi connectivity index (χ1n) is 37.0. The standard InChI is InChI=1S/C31H40N7O2P.C26H32ClN6O4P.C25H23F3N5OP/c1-35-17-19-37(20-18-35)24-12-14-36(15-13-24)25-9-10-26(28(21-25)40-2)33-31-32-22-23-11-16-38(30(23)34-31)27-7-5-6-8-29(27)41(3,4)39;1-32(2)15-24(34)33-10-9-16-11-22(36-3)20(13-21(16)33)29-25-18(27)14-28-26(31-25)30-19-8-7-17(38(5,6)35)12-23(19)37-4;1-35(2,34)21-14-12-20(13-15-21)32-24-29-16-22(25(26,27)28)23(33-24)31-19-10-8-18(9-11-19)30-17-6-4-3-5-7-17/h5-11,16,21-22,24H,12-15,17-20H2,1-4H3,(H,32,33,34);7-8,11-14H,9-10,15H2,1-6H3,(H2,28,29,30,31);3-16,30H,1-2H3,(H2,29,31,32,33). The van der Waals surface area contributed by atoms with Crippen LogP contribution in [-0.4, -0.2) is 196 Å². The number of anilines is 14. The lowest BCUT2D eigenvalue weighted by Crippen LogP contribution is -2.52. The van der Waals surface area contributed by atoms with Crippen LogP contribution in [0.5, 0.6) is 17.2 Å². The average Bonchev–Trinajstić information content (AvgIpc) is 1.61. The van der Waals surface area contributed by atoms with Gasteiger partial charge in [0.05, 0.1) is 56.8 Å². The highest BCUT2D eigenvalue weighted by molar-refractivity contribution is 7.70. The fourth-order valence-electron chi connectivity index (χ4n) is 13.5. The number of rotatable bonds is 23. The largest absolute Gasteiger partial charge is 0.495 e. The number of para-hydroxylation sites is 2. The van der Waals surface area contributed by atoms with E-state index in [1.165, 1.54) is 50.9 Å². The number of hydrogen-bond donors (Lipinski definition) is 6. The summed E-state index contributed by atoms with van der Waals surface area (Å²) in [5.41, 5.74) is 8.41. The second kappa shape index (κ2) is 35.9. The van der Waals surface area contributed by atoms with Crippen LogP contribution in [0.4, 0.5) is 93.8 Å². The van der Waals surface area contributed by atoms with E-state index in [2.05, 4.69) is 90.7 Å². The summed E-state index contributed by atoms with van der Waals surface area (Å²) in [5.74, 6) is 2.64. The number of methoxy groups -OCH3 is 3. The SMILES string of the molecule is COc1cc(N2CCC(N3CCN(C)CC3)CC2)ccc1Nc1ncc2ccn(-c3ccccc3P(C)(C)=O)c2n1.COc1cc(P(C)(C)=O)ccc1Nc1ncc(Cl)c(Nc2cc3c(cc2OC)CCN3C(=O)CN(C)C)n1.CP(C)(=O)c1ccc(Nc2ncc(C(F)(F)F)c(Nc3ccc(Nc4ccccc4)cc3)n2)cc1. The third-order valence-electron chi connectivity index (χ3n) is 19.6. The molecular formula is C82H95ClF3N18O7P3. The molecule has 7 aromatic carbocycles. The molecule has 0 atom stereocenters. The number of carbonyl (C=O) groups excluding carboxylic acids is 1. The molecule has 11 aromatic rings. The third-order valence-corrected chi connectivity index (χ3v) is 24.5. The number of fused-ring (bicyclic) bond motifs is 2. The number of benzene rings is 7. The summed E-state index contributed by atoms with van der Waals surface area (Å²) in [6, 6.07) is 49.0. The highest BCUT2D eigenvalue weighted by Gasteiger charge is 2.36. The van der Waals surface area contributed by atoms with Gasteiger partial charge in [-0.3, -0.25) is 9.69 Å². The molecule has 0 saturated carbocycles. The molecule has 14 rings (SSSR count). The van der Waals surface area contributed by atoms with Crippen molar-refractivity contribution in [3.8, 4) is 22.9 Å². The summed E-state index contributed by atoms with van der Waals surface area (Å²) >= 11 is 6.45. The Morgan fingerprint density at radius 1 is 0.544 bits per heavy atom. The van der Waals surface area contributed by atoms with Gasteiger partial charge in [-0.2, -0.15) is 28.1 Å². The number of amides is 1. The molecule has 2 fully saturated rings. The van der Waals surface area contributed by atoms with Crippen molar-refractivity contribution in [2.45, 2.75) is 31.5 Å². The fourth-order valence-corrected chi connectivity index (χ4v) is 16.5. The molecule has 32 heteroatoms. The molecule has 7 heterocycles. The molecule has 0 aliphatic carbocycles. The zero-order valence-electron chi connectivity index (χ0n) is 65.8. The van der Waals surface area contributed by atoms with Crippen LogP contribution in [0.25, 0.3) is 16.7 Å². The molecule has 4 aromatic heterocycles. The monoisotopic (exact) mass is 1630 g/mol. The zero-order chi connectivity index (χ0) is 81.2. The summed E-state index contributed by atoms with van der Waals surface area (Å²) in [7, 11) is 3.43. The highest BCUT2D eigenvalue weighted by Crippen LogP contribution is 2.44. The maximum absolute atomic E-state index is 13.6. The van der Waals surface area contributed by atoms with Gasteiger partial charge < -0.3 is 84.0 Å². The fraction of sp³-hybridized carbons (Fsp3) is 0.305. The quantitative estimate of drug-likeness (QED) is 0.0325. The average molecular weight is 1630 g/mol. The van der Waals surface area contributed by atoms with Gasteiger partial charge in [-0.05, 0) is 207 Å². The van der Waals surface area contributed by atoms with E-state index in [0.29, 0.717) is 80.8 Å². The number of nitrogens with zero attached hydrogens (tertiary/aromatic N) is 12. The van der Waals surface area contributed by atoms with E-state index in [9.17, 15) is 31.7 Å². The van der Waals surface area contributed by atoms with Crippen molar-refractivity contribution < 1.29 is 45.9 Å². The summed E-state index contributed by atoms with van der Waals surface area (Å²) in [6.07, 6.45) is 4.48. The number of hydrogen-bond acceptors (Lipinski definition) is 23. The number of ether oxygens (including phenoxy) is 3. The second-order valence-corrected chi connectivity index (χ2v) is 39.4. The summed E-state index contributed by atoms with van der Waals surface area (Å²) in [6.45, 7) is 18.1. The molecule has 3 aliphatic rings. The molecule has 3 aliphatic heterocycles. The van der Waals surface area contributed by atoms with Crippen LogP contribution in [0, 0.1) is 0 Å². The molecule has 0 spiro atoms. The van der Waals surface area contributed by atoms with Gasteiger partial charge in [-0.15, -0.1) is 0 Å². The number of piperazine rings is 1. The molecule has 6 N–H and O–H groups in total. The molecule has 2 saturated heterocycles. The van der Waals surface area contributed by atoms with Crippen molar-refractivity contribution in [1.29, 1.82) is 0 Å². The predicted molar refractivity (Wildman–Crippen MR) is 457 cm³/mol. The van der Waals surface area contributed by atoms with Gasteiger partial charge in [0.1, 0.15) is 60.7 Å². The number of likely N-dealkylation sites (N-methyl/N-ethyl adjacent to an activating group) is 2. The molecular weight excluding hydrogens is 1530 g/mol. The minimum Gasteiger partial charge on any atom is -0.495 e. The van der Waals surface area contributed by atoms with Gasteiger partial charge in [0.25, 0.3) is 0 Å². The number of carbonyl (C=O) groups is 1. The van der Waals surface area contributed by atoms with Crippen LogP contribution < -0.4 is 71.8 Å². The Bertz CT molecular complexity index is 5370. The Kier molecular flexibility index (Phi) is 26.1. The number of piperidine rings is 1. The van der Waals surface area contributed by atoms with Gasteiger partial charge in [0.15, 0.2) is 5.82 Å². The maximum Gasteiger partial charge on any atom is 0.421 e. The maximum atomic E-state index is 13.6. The number of alkyl halides is 3. The van der Waals surface area contributed by atoms with Gasteiger partial charge >= 0.3 is 6.18 Å². The van der Waals surface area contributed by atoms with Crippen molar-refractivity contribution in [2.24, 2.45) is 0 Å². The highest BCUT2D eigenvalue weighted by atomic mass is 35.5. The van der Waals surface area contributed by atoms with Crippen molar-refractivity contribution in [3.05, 3.63) is 199 Å². The van der Waals surface area contributed by atoms with Crippen molar-refractivity contribution >= 4 is 147 Å². The van der Waals surface area contributed by atoms with Crippen LogP contribution in [0.1, 0.15) is 24.0 Å². The Balaban J connectivity index is 0.000000159. The summed E-state index contributed by atoms with van der Waals surface area (Å²) in [5, 5.41) is 22.1. The second-order valence-electron chi connectivity index (χ2n) is 29.3. The minimum atomic E-state index is -4.64. The van der Waals surface area contributed by atoms with Crippen LogP contribution in [0.2, 0.25) is 5.02 Å². The summed E-state index contributed by atoms with van der Waals surface area (Å²) in [4.78, 5) is 50.2. The van der Waals surface area contributed by atoms with Gasteiger partial charge in [0.2, 0.25) is 23.8 Å². The topological polar surface area (TPSA) is 267 Å². The molecule has 1 amide bonds. The van der Waals surface area contributed by atoms with E-state index in [0.717, 1.165) is 81.8 Å². The Morgan fingerprint density at radius 2 is 1.10 bits per heavy atom. The number of nitrogens with one attached hydrogen (secondary N) is 6. The molecule has 0 unspecified atom stereocenters. The molecule has 114 heavy (non-hydrogen) atoms. The van der Waals surface area contributed by atoms with E-state index in [1.54, 1.807) is 133 Å². The van der Waals surface area contributed by atoms with Crippen LogP contribution in [0.3, 0.4) is 0 Å². The Labute approximate surface area is 667 Å². The van der Waals surface area contributed by atoms with Crippen LogP contribution in [-0.2, 0) is 31.1 Å². The first kappa shape index (κ1) is 82.9. The van der Waals surface area contributed by atoms with Gasteiger partial charge in [-0.25, -0.2) is 15.0 Å². The molecule has 0 radical (unpaired) electrons. The first-order chi connectivity index (χ1) is 54.4. The zero-order valence-corrected chi connectivity index (χ0v) is 69.2. The van der Waals surface area contributed by atoms with E-state index in [4.69, 9.17) is 30.8 Å². The smallest absolute Gasteiger partial charge is 0.421 e. The minimum absolute atomic E-state index is 0.00760. The molecule has 598 valence electrons.